The minimum absolute atomic E-state index is 0.248. The number of aromatic nitrogens is 1. The van der Waals surface area contributed by atoms with Crippen molar-refractivity contribution in [2.24, 2.45) is 0 Å². The number of ether oxygens (including phenoxy) is 1. The molecule has 21 heavy (non-hydrogen) atoms. The summed E-state index contributed by atoms with van der Waals surface area (Å²) < 4.78 is 5.40. The van der Waals surface area contributed by atoms with Crippen molar-refractivity contribution in [2.75, 3.05) is 5.73 Å². The maximum Gasteiger partial charge on any atom is 0.312 e. The predicted molar refractivity (Wildman–Crippen MR) is 86.7 cm³/mol. The molecule has 6 heteroatoms. The summed E-state index contributed by atoms with van der Waals surface area (Å²) in [7, 11) is 0. The van der Waals surface area contributed by atoms with Crippen LogP contribution in [0.2, 0.25) is 5.02 Å². The molecule has 0 saturated carbocycles. The first-order chi connectivity index (χ1) is 10.1. The van der Waals surface area contributed by atoms with Gasteiger partial charge >= 0.3 is 5.97 Å². The molecular weight excluding hydrogens is 308 g/mol. The van der Waals surface area contributed by atoms with Gasteiger partial charge in [0.25, 0.3) is 0 Å². The van der Waals surface area contributed by atoms with Gasteiger partial charge in [0.05, 0.1) is 0 Å². The number of esters is 1. The number of nitrogens with zero attached hydrogens (tertiary/aromatic N) is 1. The third-order valence-corrected chi connectivity index (χ3v) is 3.94. The van der Waals surface area contributed by atoms with E-state index in [1.54, 1.807) is 12.1 Å². The molecular formula is C15H17ClN2O2S. The second kappa shape index (κ2) is 7.43. The molecule has 0 radical (unpaired) electrons. The highest BCUT2D eigenvalue weighted by atomic mass is 35.5. The Balaban J connectivity index is 2.13. The lowest BCUT2D eigenvalue weighted by Gasteiger charge is -2.04. The van der Waals surface area contributed by atoms with E-state index in [0.29, 0.717) is 27.3 Å². The van der Waals surface area contributed by atoms with Gasteiger partial charge in [0, 0.05) is 17.0 Å². The fraction of sp³-hybridized carbons (Fsp3) is 0.333. The number of carbonyl (C=O) groups excluding carboxylic acids is 1. The first kappa shape index (κ1) is 15.8. The number of hydrogen-bond donors (Lipinski definition) is 1. The molecule has 112 valence electrons. The SMILES string of the molecule is CCCCCC(=O)Oc1sc(N)nc1-c1ccc(Cl)cc1. The number of carbonyl (C=O) groups is 1. The maximum atomic E-state index is 11.8. The third kappa shape index (κ3) is 4.44. The standard InChI is InChI=1S/C15H17ClN2O2S/c1-2-3-4-5-12(19)20-14-13(18-15(17)21-14)10-6-8-11(16)9-7-10/h6-9H,2-5H2,1H3,(H2,17,18). The van der Waals surface area contributed by atoms with Gasteiger partial charge in [-0.1, -0.05) is 54.8 Å². The normalized spacial score (nSPS) is 10.6. The van der Waals surface area contributed by atoms with Crippen LogP contribution in [-0.2, 0) is 4.79 Å². The number of rotatable bonds is 6. The maximum absolute atomic E-state index is 11.8. The molecule has 0 bridgehead atoms. The Morgan fingerprint density at radius 3 is 2.71 bits per heavy atom. The van der Waals surface area contributed by atoms with E-state index >= 15 is 0 Å². The molecule has 0 fully saturated rings. The highest BCUT2D eigenvalue weighted by molar-refractivity contribution is 7.17. The fourth-order valence-electron chi connectivity index (χ4n) is 1.86. The summed E-state index contributed by atoms with van der Waals surface area (Å²) in [5.74, 6) is -0.248. The van der Waals surface area contributed by atoms with Gasteiger partial charge in [-0.25, -0.2) is 4.98 Å². The Morgan fingerprint density at radius 1 is 1.33 bits per heavy atom. The van der Waals surface area contributed by atoms with Crippen LogP contribution in [0.1, 0.15) is 32.6 Å². The Morgan fingerprint density at radius 2 is 2.05 bits per heavy atom. The van der Waals surface area contributed by atoms with Gasteiger partial charge in [-0.3, -0.25) is 4.79 Å². The van der Waals surface area contributed by atoms with Gasteiger partial charge < -0.3 is 10.5 Å². The minimum Gasteiger partial charge on any atom is -0.413 e. The lowest BCUT2D eigenvalue weighted by Crippen LogP contribution is -2.07. The van der Waals surface area contributed by atoms with Crippen molar-refractivity contribution in [2.45, 2.75) is 32.6 Å². The molecule has 4 nitrogen and oxygen atoms in total. The zero-order valence-corrected chi connectivity index (χ0v) is 13.3. The molecule has 2 rings (SSSR count). The summed E-state index contributed by atoms with van der Waals surface area (Å²) in [6.45, 7) is 2.09. The van der Waals surface area contributed by atoms with Crippen LogP contribution in [0.25, 0.3) is 11.3 Å². The van der Waals surface area contributed by atoms with Gasteiger partial charge in [0.2, 0.25) is 5.06 Å². The van der Waals surface area contributed by atoms with E-state index in [0.717, 1.165) is 24.8 Å². The molecule has 1 heterocycles. The number of anilines is 1. The van der Waals surface area contributed by atoms with Gasteiger partial charge in [-0.05, 0) is 18.6 Å². The molecule has 0 aliphatic carbocycles. The van der Waals surface area contributed by atoms with Crippen LogP contribution in [0, 0.1) is 0 Å². The van der Waals surface area contributed by atoms with E-state index in [4.69, 9.17) is 22.1 Å². The second-order valence-electron chi connectivity index (χ2n) is 4.63. The van der Waals surface area contributed by atoms with Crippen LogP contribution in [0.3, 0.4) is 0 Å². The highest BCUT2D eigenvalue weighted by Gasteiger charge is 2.16. The Bertz CT molecular complexity index is 611. The van der Waals surface area contributed by atoms with Crippen molar-refractivity contribution in [3.63, 3.8) is 0 Å². The lowest BCUT2D eigenvalue weighted by molar-refractivity contribution is -0.134. The Hall–Kier alpha value is -1.59. The zero-order valence-electron chi connectivity index (χ0n) is 11.8. The number of benzene rings is 1. The van der Waals surface area contributed by atoms with Gasteiger partial charge in [-0.2, -0.15) is 0 Å². The molecule has 0 aliphatic heterocycles. The van der Waals surface area contributed by atoms with Gasteiger partial charge in [0.1, 0.15) is 5.69 Å². The van der Waals surface area contributed by atoms with Crippen molar-refractivity contribution >= 4 is 34.0 Å². The smallest absolute Gasteiger partial charge is 0.312 e. The average molecular weight is 325 g/mol. The first-order valence-electron chi connectivity index (χ1n) is 6.83. The van der Waals surface area contributed by atoms with E-state index in [2.05, 4.69) is 11.9 Å². The monoisotopic (exact) mass is 324 g/mol. The van der Waals surface area contributed by atoms with Crippen molar-refractivity contribution in [1.82, 2.24) is 4.98 Å². The summed E-state index contributed by atoms with van der Waals surface area (Å²) in [6, 6.07) is 7.18. The molecule has 0 aliphatic rings. The molecule has 0 saturated heterocycles. The van der Waals surface area contributed by atoms with E-state index in [-0.39, 0.29) is 5.97 Å². The molecule has 1 aromatic heterocycles. The van der Waals surface area contributed by atoms with Crippen molar-refractivity contribution in [3.05, 3.63) is 29.3 Å². The number of halogens is 1. The molecule has 0 spiro atoms. The molecule has 2 N–H and O–H groups in total. The van der Waals surface area contributed by atoms with Crippen molar-refractivity contribution < 1.29 is 9.53 Å². The van der Waals surface area contributed by atoms with E-state index in [1.807, 2.05) is 12.1 Å². The quantitative estimate of drug-likeness (QED) is 0.626. The van der Waals surface area contributed by atoms with Crippen LogP contribution in [0.5, 0.6) is 5.06 Å². The lowest BCUT2D eigenvalue weighted by atomic mass is 10.2. The summed E-state index contributed by atoms with van der Waals surface area (Å²) in [4.78, 5) is 16.1. The summed E-state index contributed by atoms with van der Waals surface area (Å²) in [6.07, 6.45) is 3.33. The summed E-state index contributed by atoms with van der Waals surface area (Å²) in [5.41, 5.74) is 7.14. The van der Waals surface area contributed by atoms with E-state index in [9.17, 15) is 4.79 Å². The Labute approximate surface area is 132 Å². The van der Waals surface area contributed by atoms with Crippen LogP contribution in [0.4, 0.5) is 5.13 Å². The predicted octanol–water partition coefficient (Wildman–Crippen LogP) is 4.53. The van der Waals surface area contributed by atoms with E-state index < -0.39 is 0 Å². The Kier molecular flexibility index (Phi) is 5.59. The number of nitrogens with two attached hydrogens (primary N) is 1. The van der Waals surface area contributed by atoms with E-state index in [1.165, 1.54) is 11.3 Å². The summed E-state index contributed by atoms with van der Waals surface area (Å²) >= 11 is 7.04. The largest absolute Gasteiger partial charge is 0.413 e. The van der Waals surface area contributed by atoms with Crippen LogP contribution < -0.4 is 10.5 Å². The first-order valence-corrected chi connectivity index (χ1v) is 8.02. The second-order valence-corrected chi connectivity index (χ2v) is 6.06. The molecule has 1 aromatic carbocycles. The summed E-state index contributed by atoms with van der Waals surface area (Å²) in [5, 5.41) is 1.45. The van der Waals surface area contributed by atoms with Gasteiger partial charge in [-0.15, -0.1) is 0 Å². The van der Waals surface area contributed by atoms with Crippen LogP contribution >= 0.6 is 22.9 Å². The number of thiazole rings is 1. The number of hydrogen-bond acceptors (Lipinski definition) is 5. The zero-order chi connectivity index (χ0) is 15.2. The molecule has 0 unspecified atom stereocenters. The van der Waals surface area contributed by atoms with Crippen molar-refractivity contribution in [3.8, 4) is 16.3 Å². The minimum atomic E-state index is -0.248. The van der Waals surface area contributed by atoms with Gasteiger partial charge in [0.15, 0.2) is 5.13 Å². The third-order valence-electron chi connectivity index (χ3n) is 2.92. The van der Waals surface area contributed by atoms with Crippen LogP contribution in [-0.4, -0.2) is 11.0 Å². The topological polar surface area (TPSA) is 65.2 Å². The average Bonchev–Trinajstić information content (AvgIpc) is 2.80. The molecule has 2 aromatic rings. The highest BCUT2D eigenvalue weighted by Crippen LogP contribution is 2.37. The number of nitrogen functional groups attached to an aromatic ring is 1. The van der Waals surface area contributed by atoms with Crippen LogP contribution in [0.15, 0.2) is 24.3 Å². The van der Waals surface area contributed by atoms with Crippen molar-refractivity contribution in [1.29, 1.82) is 0 Å². The molecule has 0 atom stereocenters. The molecule has 0 amide bonds. The number of unbranched alkanes of at least 4 members (excludes halogenated alkanes) is 2. The fourth-order valence-corrected chi connectivity index (χ4v) is 2.70.